The molecule has 0 aliphatic carbocycles. The summed E-state index contributed by atoms with van der Waals surface area (Å²) in [5.74, 6) is 0.816. The molecule has 0 fully saturated rings. The van der Waals surface area contributed by atoms with Gasteiger partial charge in [0, 0.05) is 5.56 Å². The van der Waals surface area contributed by atoms with E-state index in [0.717, 1.165) is 11.3 Å². The van der Waals surface area contributed by atoms with Gasteiger partial charge in [0.15, 0.2) is 6.16 Å². The summed E-state index contributed by atoms with van der Waals surface area (Å²) in [4.78, 5) is 0. The van der Waals surface area contributed by atoms with Gasteiger partial charge in [0.25, 0.3) is 0 Å². The number of rotatable bonds is 3. The largest absolute Gasteiger partial charge is 0.496 e. The van der Waals surface area contributed by atoms with E-state index < -0.39 is 0 Å². The SMILES string of the molecule is COc1ccccc1C[PH+]=O. The minimum atomic E-state index is -0.295. The third-order valence-electron chi connectivity index (χ3n) is 1.46. The van der Waals surface area contributed by atoms with Gasteiger partial charge in [0.1, 0.15) is 5.75 Å². The van der Waals surface area contributed by atoms with Crippen LogP contribution >= 0.6 is 8.46 Å². The summed E-state index contributed by atoms with van der Waals surface area (Å²) in [7, 11) is 1.32. The van der Waals surface area contributed by atoms with Crippen molar-refractivity contribution >= 4 is 8.46 Å². The quantitative estimate of drug-likeness (QED) is 0.648. The van der Waals surface area contributed by atoms with Crippen molar-refractivity contribution in [3.8, 4) is 5.75 Å². The Morgan fingerprint density at radius 2 is 2.18 bits per heavy atom. The van der Waals surface area contributed by atoms with Crippen LogP contribution in [-0.4, -0.2) is 7.11 Å². The lowest BCUT2D eigenvalue weighted by Crippen LogP contribution is -1.87. The Morgan fingerprint density at radius 1 is 1.45 bits per heavy atom. The monoisotopic (exact) mass is 169 g/mol. The lowest BCUT2D eigenvalue weighted by molar-refractivity contribution is 0.411. The number of methoxy groups -OCH3 is 1. The van der Waals surface area contributed by atoms with Gasteiger partial charge in [0.2, 0.25) is 0 Å². The van der Waals surface area contributed by atoms with E-state index in [1.807, 2.05) is 24.3 Å². The molecule has 1 rings (SSSR count). The highest BCUT2D eigenvalue weighted by Crippen LogP contribution is 2.20. The fraction of sp³-hybridized carbons (Fsp3) is 0.250. The molecule has 0 amide bonds. The highest BCUT2D eigenvalue weighted by Gasteiger charge is 2.03. The van der Waals surface area contributed by atoms with E-state index in [-0.39, 0.29) is 8.46 Å². The lowest BCUT2D eigenvalue weighted by Gasteiger charge is -2.01. The molecule has 1 aromatic rings. The molecule has 0 radical (unpaired) electrons. The van der Waals surface area contributed by atoms with Gasteiger partial charge in [-0.25, -0.2) is 0 Å². The van der Waals surface area contributed by atoms with Gasteiger partial charge < -0.3 is 4.74 Å². The first-order chi connectivity index (χ1) is 5.38. The molecule has 0 heterocycles. The summed E-state index contributed by atoms with van der Waals surface area (Å²) in [6.07, 6.45) is 0.573. The van der Waals surface area contributed by atoms with E-state index in [1.54, 1.807) is 7.11 Å². The zero-order chi connectivity index (χ0) is 8.10. The average Bonchev–Trinajstić information content (AvgIpc) is 2.06. The van der Waals surface area contributed by atoms with Crippen LogP contribution < -0.4 is 4.74 Å². The molecule has 0 saturated carbocycles. The van der Waals surface area contributed by atoms with Crippen molar-refractivity contribution in [1.29, 1.82) is 0 Å². The lowest BCUT2D eigenvalue weighted by atomic mass is 10.2. The second-order valence-corrected chi connectivity index (χ2v) is 2.78. The molecule has 0 bridgehead atoms. The Morgan fingerprint density at radius 3 is 2.82 bits per heavy atom. The molecule has 0 aliphatic rings. The summed E-state index contributed by atoms with van der Waals surface area (Å²) < 4.78 is 15.4. The van der Waals surface area contributed by atoms with Crippen LogP contribution in [0.5, 0.6) is 5.75 Å². The van der Waals surface area contributed by atoms with E-state index >= 15 is 0 Å². The van der Waals surface area contributed by atoms with E-state index in [9.17, 15) is 4.57 Å². The van der Waals surface area contributed by atoms with Crippen molar-refractivity contribution in [1.82, 2.24) is 0 Å². The molecular weight excluding hydrogens is 159 g/mol. The van der Waals surface area contributed by atoms with Gasteiger partial charge in [-0.05, 0) is 6.07 Å². The fourth-order valence-corrected chi connectivity index (χ4v) is 1.37. The van der Waals surface area contributed by atoms with Crippen molar-refractivity contribution in [3.05, 3.63) is 29.8 Å². The van der Waals surface area contributed by atoms with Crippen molar-refractivity contribution in [2.75, 3.05) is 7.11 Å². The van der Waals surface area contributed by atoms with Gasteiger partial charge in [-0.1, -0.05) is 22.8 Å². The molecule has 0 spiro atoms. The molecule has 58 valence electrons. The second-order valence-electron chi connectivity index (χ2n) is 2.13. The van der Waals surface area contributed by atoms with Gasteiger partial charge >= 0.3 is 8.46 Å². The third-order valence-corrected chi connectivity index (χ3v) is 1.98. The molecule has 1 aromatic carbocycles. The Bertz CT molecular complexity index is 248. The van der Waals surface area contributed by atoms with Crippen LogP contribution in [0.15, 0.2) is 24.3 Å². The Hall–Kier alpha value is -0.880. The minimum absolute atomic E-state index is 0.295. The summed E-state index contributed by atoms with van der Waals surface area (Å²) in [6.45, 7) is 0. The Kier molecular flexibility index (Phi) is 3.06. The summed E-state index contributed by atoms with van der Waals surface area (Å²) >= 11 is 0. The predicted molar refractivity (Wildman–Crippen MR) is 45.7 cm³/mol. The Labute approximate surface area is 67.4 Å². The fourth-order valence-electron chi connectivity index (χ4n) is 0.927. The zero-order valence-electron chi connectivity index (χ0n) is 6.33. The normalized spacial score (nSPS) is 9.91. The Balaban J connectivity index is 2.92. The zero-order valence-corrected chi connectivity index (χ0v) is 7.33. The number of hydrogen-bond donors (Lipinski definition) is 0. The number of hydrogen-bond acceptors (Lipinski definition) is 2. The van der Waals surface area contributed by atoms with Crippen molar-refractivity contribution in [2.24, 2.45) is 0 Å². The molecule has 0 aliphatic heterocycles. The third kappa shape index (κ3) is 2.02. The molecule has 2 nitrogen and oxygen atoms in total. The molecule has 1 unspecified atom stereocenters. The van der Waals surface area contributed by atoms with Crippen molar-refractivity contribution < 1.29 is 9.30 Å². The first-order valence-electron chi connectivity index (χ1n) is 3.35. The van der Waals surface area contributed by atoms with Gasteiger partial charge in [0.05, 0.1) is 7.11 Å². The van der Waals surface area contributed by atoms with Crippen LogP contribution in [0.2, 0.25) is 0 Å². The van der Waals surface area contributed by atoms with Gasteiger partial charge in [-0.15, -0.1) is 0 Å². The van der Waals surface area contributed by atoms with Crippen molar-refractivity contribution in [2.45, 2.75) is 6.16 Å². The highest BCUT2D eigenvalue weighted by molar-refractivity contribution is 7.22. The maximum atomic E-state index is 10.3. The van der Waals surface area contributed by atoms with Crippen LogP contribution in [0, 0.1) is 0 Å². The summed E-state index contributed by atoms with van der Waals surface area (Å²) in [5.41, 5.74) is 1.00. The predicted octanol–water partition coefficient (Wildman–Crippen LogP) is 2.22. The summed E-state index contributed by atoms with van der Waals surface area (Å²) in [5, 5.41) is 0. The van der Waals surface area contributed by atoms with Crippen LogP contribution in [0.25, 0.3) is 0 Å². The van der Waals surface area contributed by atoms with Crippen LogP contribution in [0.3, 0.4) is 0 Å². The van der Waals surface area contributed by atoms with E-state index in [2.05, 4.69) is 0 Å². The van der Waals surface area contributed by atoms with Crippen LogP contribution in [0.1, 0.15) is 5.56 Å². The summed E-state index contributed by atoms with van der Waals surface area (Å²) in [6, 6.07) is 7.60. The standard InChI is InChI=1S/C8H9O2P/c1-10-8-5-3-2-4-7(8)6-11-9/h2-5H,6H2,1H3/p+1. The highest BCUT2D eigenvalue weighted by atomic mass is 31.1. The van der Waals surface area contributed by atoms with Gasteiger partial charge in [-0.2, -0.15) is 0 Å². The molecule has 1 atom stereocenters. The van der Waals surface area contributed by atoms with E-state index in [0.29, 0.717) is 6.16 Å². The van der Waals surface area contributed by atoms with Crippen LogP contribution in [-0.2, 0) is 10.7 Å². The van der Waals surface area contributed by atoms with Crippen molar-refractivity contribution in [3.63, 3.8) is 0 Å². The average molecular weight is 169 g/mol. The van der Waals surface area contributed by atoms with Crippen LogP contribution in [0.4, 0.5) is 0 Å². The molecule has 0 aromatic heterocycles. The maximum Gasteiger partial charge on any atom is 0.329 e. The van der Waals surface area contributed by atoms with E-state index in [4.69, 9.17) is 4.74 Å². The van der Waals surface area contributed by atoms with E-state index in [1.165, 1.54) is 0 Å². The smallest absolute Gasteiger partial charge is 0.329 e. The maximum absolute atomic E-state index is 10.3. The molecule has 3 heteroatoms. The molecular formula is C8H10O2P+. The molecule has 0 saturated heterocycles. The second kappa shape index (κ2) is 4.09. The van der Waals surface area contributed by atoms with Gasteiger partial charge in [-0.3, -0.25) is 0 Å². The topological polar surface area (TPSA) is 26.3 Å². The number of para-hydroxylation sites is 1. The molecule has 0 N–H and O–H groups in total. The number of ether oxygens (including phenoxy) is 1. The molecule has 11 heavy (non-hydrogen) atoms. The first kappa shape index (κ1) is 8.22. The first-order valence-corrected chi connectivity index (χ1v) is 4.47. The number of benzene rings is 1. The minimum Gasteiger partial charge on any atom is -0.496 e.